The monoisotopic (exact) mass is 588 g/mol. The molecular formula is C32H40N6O5. The average molecular weight is 589 g/mol. The van der Waals surface area contributed by atoms with Gasteiger partial charge in [-0.2, -0.15) is 0 Å². The lowest BCUT2D eigenvalue weighted by Gasteiger charge is -2.25. The minimum absolute atomic E-state index is 0.182. The normalized spacial score (nSPS) is 17.4. The highest BCUT2D eigenvalue weighted by Crippen LogP contribution is 2.28. The van der Waals surface area contributed by atoms with Crippen LogP contribution in [0.3, 0.4) is 0 Å². The molecule has 1 atom stereocenters. The fourth-order valence-electron chi connectivity index (χ4n) is 5.69. The van der Waals surface area contributed by atoms with E-state index in [4.69, 9.17) is 24.2 Å². The van der Waals surface area contributed by atoms with Crippen LogP contribution < -0.4 is 16.0 Å². The van der Waals surface area contributed by atoms with Crippen molar-refractivity contribution in [3.8, 4) is 17.4 Å². The quantitative estimate of drug-likeness (QED) is 0.233. The second-order valence-electron chi connectivity index (χ2n) is 11.7. The number of fused-ring (bicyclic) bond motifs is 1. The molecule has 0 N–H and O–H groups in total. The van der Waals surface area contributed by atoms with Crippen molar-refractivity contribution in [3.05, 3.63) is 68.6 Å². The first kappa shape index (κ1) is 29.3. The summed E-state index contributed by atoms with van der Waals surface area (Å²) in [5.41, 5.74) is 2.12. The standard InChI is InChI=1S/C32H40N6O5/c1-21(2)38-30-28(31(39)36(32(38)40)16-10-18-42-26-15-7-8-17-41-26)37(20-23-11-5-4-6-12-23)29(35-30)27-22(3)34-25(19-33-27)43-24-13-9-14-24/h4-6,11-12,19,21,24,26H,7-10,13-18,20H2,1-3H3. The van der Waals surface area contributed by atoms with E-state index >= 15 is 0 Å². The van der Waals surface area contributed by atoms with Crippen LogP contribution in [-0.2, 0) is 22.6 Å². The smallest absolute Gasteiger partial charge is 0.332 e. The molecule has 1 aromatic carbocycles. The van der Waals surface area contributed by atoms with Crippen molar-refractivity contribution in [2.75, 3.05) is 13.2 Å². The van der Waals surface area contributed by atoms with Gasteiger partial charge in [0, 0.05) is 25.7 Å². The Kier molecular flexibility index (Phi) is 8.71. The SMILES string of the molecule is Cc1nc(OC2CCC2)cnc1-c1nc2c(c(=O)n(CCCOC3CCCCO3)c(=O)n2C(C)C)n1Cc1ccccc1. The highest BCUT2D eigenvalue weighted by Gasteiger charge is 2.26. The van der Waals surface area contributed by atoms with Gasteiger partial charge in [-0.15, -0.1) is 0 Å². The van der Waals surface area contributed by atoms with Gasteiger partial charge in [0.1, 0.15) is 11.8 Å². The lowest BCUT2D eigenvalue weighted by Crippen LogP contribution is -2.41. The van der Waals surface area contributed by atoms with Gasteiger partial charge in [0.15, 0.2) is 23.3 Å². The molecule has 1 aliphatic carbocycles. The van der Waals surface area contributed by atoms with E-state index < -0.39 is 0 Å². The summed E-state index contributed by atoms with van der Waals surface area (Å²) in [6, 6.07) is 9.66. The summed E-state index contributed by atoms with van der Waals surface area (Å²) in [6.07, 6.45) is 8.29. The molecule has 0 spiro atoms. The number of ether oxygens (including phenoxy) is 3. The molecule has 0 amide bonds. The Morgan fingerprint density at radius 3 is 2.51 bits per heavy atom. The van der Waals surface area contributed by atoms with Gasteiger partial charge in [-0.1, -0.05) is 30.3 Å². The predicted octanol–water partition coefficient (Wildman–Crippen LogP) is 4.62. The first-order valence-corrected chi connectivity index (χ1v) is 15.4. The number of benzene rings is 1. The van der Waals surface area contributed by atoms with Gasteiger partial charge >= 0.3 is 5.69 Å². The van der Waals surface area contributed by atoms with Crippen molar-refractivity contribution in [2.45, 2.75) is 97.2 Å². The minimum Gasteiger partial charge on any atom is -0.473 e. The van der Waals surface area contributed by atoms with E-state index in [1.807, 2.05) is 55.7 Å². The highest BCUT2D eigenvalue weighted by molar-refractivity contribution is 5.77. The number of imidazole rings is 1. The Morgan fingerprint density at radius 2 is 1.84 bits per heavy atom. The maximum atomic E-state index is 14.1. The molecule has 4 aromatic rings. The van der Waals surface area contributed by atoms with Gasteiger partial charge < -0.3 is 18.8 Å². The summed E-state index contributed by atoms with van der Waals surface area (Å²) in [4.78, 5) is 42.2. The van der Waals surface area contributed by atoms with Crippen LogP contribution in [0, 0.1) is 6.92 Å². The Balaban J connectivity index is 1.42. The lowest BCUT2D eigenvalue weighted by atomic mass is 9.96. The molecule has 3 aromatic heterocycles. The predicted molar refractivity (Wildman–Crippen MR) is 162 cm³/mol. The Morgan fingerprint density at radius 1 is 1.02 bits per heavy atom. The summed E-state index contributed by atoms with van der Waals surface area (Å²) in [5, 5.41) is 0. The average Bonchev–Trinajstić information content (AvgIpc) is 3.33. The maximum Gasteiger partial charge on any atom is 0.332 e. The number of aryl methyl sites for hydroxylation is 1. The second kappa shape index (κ2) is 12.8. The summed E-state index contributed by atoms with van der Waals surface area (Å²) in [6.45, 7) is 7.42. The van der Waals surface area contributed by atoms with E-state index in [-0.39, 0.29) is 36.2 Å². The van der Waals surface area contributed by atoms with Crippen molar-refractivity contribution >= 4 is 11.2 Å². The molecule has 11 heteroatoms. The molecular weight excluding hydrogens is 548 g/mol. The van der Waals surface area contributed by atoms with Crippen LogP contribution in [0.5, 0.6) is 5.88 Å². The van der Waals surface area contributed by atoms with Gasteiger partial charge in [0.25, 0.3) is 5.56 Å². The molecule has 0 bridgehead atoms. The first-order chi connectivity index (χ1) is 20.9. The molecule has 4 heterocycles. The zero-order valence-electron chi connectivity index (χ0n) is 25.2. The zero-order valence-corrected chi connectivity index (χ0v) is 25.2. The van der Waals surface area contributed by atoms with E-state index in [2.05, 4.69) is 4.98 Å². The molecule has 1 saturated heterocycles. The molecule has 1 saturated carbocycles. The van der Waals surface area contributed by atoms with E-state index in [0.29, 0.717) is 60.4 Å². The molecule has 228 valence electrons. The molecule has 0 radical (unpaired) electrons. The zero-order chi connectivity index (χ0) is 29.9. The largest absolute Gasteiger partial charge is 0.473 e. The lowest BCUT2D eigenvalue weighted by molar-refractivity contribution is -0.163. The van der Waals surface area contributed by atoms with Gasteiger partial charge in [-0.05, 0) is 71.3 Å². The third kappa shape index (κ3) is 6.14. The Labute approximate surface area is 250 Å². The number of aromatic nitrogens is 6. The van der Waals surface area contributed by atoms with Crippen LogP contribution in [-0.4, -0.2) is 54.3 Å². The van der Waals surface area contributed by atoms with Crippen LogP contribution in [0.2, 0.25) is 0 Å². The fraction of sp³-hybridized carbons (Fsp3) is 0.531. The number of hydrogen-bond donors (Lipinski definition) is 0. The van der Waals surface area contributed by atoms with Crippen LogP contribution in [0.25, 0.3) is 22.7 Å². The van der Waals surface area contributed by atoms with Crippen LogP contribution in [0.4, 0.5) is 0 Å². The molecule has 2 fully saturated rings. The summed E-state index contributed by atoms with van der Waals surface area (Å²) in [7, 11) is 0. The molecule has 2 aliphatic rings. The topological polar surface area (TPSA) is 115 Å². The summed E-state index contributed by atoms with van der Waals surface area (Å²) < 4.78 is 22.3. The molecule has 1 unspecified atom stereocenters. The van der Waals surface area contributed by atoms with Crippen LogP contribution in [0.15, 0.2) is 46.1 Å². The van der Waals surface area contributed by atoms with Crippen molar-refractivity contribution in [1.82, 2.24) is 28.7 Å². The fourth-order valence-corrected chi connectivity index (χ4v) is 5.69. The number of hydrogen-bond acceptors (Lipinski definition) is 8. The molecule has 6 rings (SSSR count). The van der Waals surface area contributed by atoms with Crippen LogP contribution >= 0.6 is 0 Å². The summed E-state index contributed by atoms with van der Waals surface area (Å²) in [5.74, 6) is 0.972. The third-order valence-electron chi connectivity index (χ3n) is 8.21. The van der Waals surface area contributed by atoms with Gasteiger partial charge in [0.2, 0.25) is 5.88 Å². The van der Waals surface area contributed by atoms with Gasteiger partial charge in [-0.25, -0.2) is 19.7 Å². The van der Waals surface area contributed by atoms with E-state index in [0.717, 1.165) is 44.1 Å². The second-order valence-corrected chi connectivity index (χ2v) is 11.7. The van der Waals surface area contributed by atoms with E-state index in [1.165, 1.54) is 4.57 Å². The van der Waals surface area contributed by atoms with Crippen molar-refractivity contribution < 1.29 is 14.2 Å². The Bertz CT molecular complexity index is 1680. The van der Waals surface area contributed by atoms with Gasteiger partial charge in [-0.3, -0.25) is 13.9 Å². The third-order valence-corrected chi connectivity index (χ3v) is 8.21. The van der Waals surface area contributed by atoms with E-state index in [9.17, 15) is 9.59 Å². The number of rotatable bonds is 11. The van der Waals surface area contributed by atoms with Crippen molar-refractivity contribution in [2.24, 2.45) is 0 Å². The number of nitrogens with zero attached hydrogens (tertiary/aromatic N) is 6. The Hall–Kier alpha value is -3.83. The van der Waals surface area contributed by atoms with Crippen molar-refractivity contribution in [3.63, 3.8) is 0 Å². The minimum atomic E-state index is -0.385. The molecule has 1 aliphatic heterocycles. The first-order valence-electron chi connectivity index (χ1n) is 15.4. The molecule has 11 nitrogen and oxygen atoms in total. The van der Waals surface area contributed by atoms with Crippen LogP contribution in [0.1, 0.15) is 76.1 Å². The maximum absolute atomic E-state index is 14.1. The summed E-state index contributed by atoms with van der Waals surface area (Å²) >= 11 is 0. The molecule has 43 heavy (non-hydrogen) atoms. The van der Waals surface area contributed by atoms with Gasteiger partial charge in [0.05, 0.1) is 18.5 Å². The van der Waals surface area contributed by atoms with E-state index in [1.54, 1.807) is 10.8 Å². The highest BCUT2D eigenvalue weighted by atomic mass is 16.7. The van der Waals surface area contributed by atoms with Crippen molar-refractivity contribution in [1.29, 1.82) is 0 Å².